The fourth-order valence-corrected chi connectivity index (χ4v) is 1.74. The number of nitrogens with one attached hydrogen (secondary N) is 1. The van der Waals surface area contributed by atoms with Crippen LogP contribution < -0.4 is 14.9 Å². The van der Waals surface area contributed by atoms with Gasteiger partial charge in [-0.2, -0.15) is 10.4 Å². The molecule has 0 saturated carbocycles. The highest BCUT2D eigenvalue weighted by molar-refractivity contribution is 5.95. The number of carbonyl (C=O) groups excluding carboxylic acids is 1. The van der Waals surface area contributed by atoms with Gasteiger partial charge in [0, 0.05) is 5.56 Å². The van der Waals surface area contributed by atoms with Crippen molar-refractivity contribution in [2.24, 2.45) is 5.10 Å². The van der Waals surface area contributed by atoms with Crippen molar-refractivity contribution >= 4 is 12.1 Å². The van der Waals surface area contributed by atoms with Crippen LogP contribution in [0, 0.1) is 11.3 Å². The Kier molecular flexibility index (Phi) is 5.72. The van der Waals surface area contributed by atoms with Gasteiger partial charge in [-0.25, -0.2) is 5.43 Å². The number of hydrogen-bond acceptors (Lipinski definition) is 5. The van der Waals surface area contributed by atoms with Crippen molar-refractivity contribution < 1.29 is 14.3 Å². The zero-order valence-corrected chi connectivity index (χ0v) is 12.5. The molecule has 0 aliphatic rings. The summed E-state index contributed by atoms with van der Waals surface area (Å²) in [6.07, 6.45) is 1.52. The van der Waals surface area contributed by atoms with E-state index in [1.165, 1.54) is 6.21 Å². The molecule has 0 aromatic heterocycles. The molecule has 2 aromatic carbocycles. The van der Waals surface area contributed by atoms with Gasteiger partial charge in [-0.1, -0.05) is 0 Å². The Morgan fingerprint density at radius 2 is 1.83 bits per heavy atom. The van der Waals surface area contributed by atoms with Crippen molar-refractivity contribution in [3.63, 3.8) is 0 Å². The second kappa shape index (κ2) is 8.20. The van der Waals surface area contributed by atoms with Crippen LogP contribution in [-0.4, -0.2) is 25.8 Å². The van der Waals surface area contributed by atoms with E-state index in [1.54, 1.807) is 55.6 Å². The predicted molar refractivity (Wildman–Crippen MR) is 85.6 cm³/mol. The van der Waals surface area contributed by atoms with Gasteiger partial charge in [0.1, 0.15) is 17.6 Å². The number of ether oxygens (including phenoxy) is 2. The molecule has 2 aromatic rings. The van der Waals surface area contributed by atoms with Crippen LogP contribution in [0.3, 0.4) is 0 Å². The summed E-state index contributed by atoms with van der Waals surface area (Å²) in [5, 5.41) is 12.3. The Bertz CT molecular complexity index is 716. The lowest BCUT2D eigenvalue weighted by molar-refractivity contribution is 0.0955. The molecule has 0 aliphatic carbocycles. The van der Waals surface area contributed by atoms with Crippen molar-refractivity contribution in [2.45, 2.75) is 0 Å². The lowest BCUT2D eigenvalue weighted by atomic mass is 10.2. The van der Waals surface area contributed by atoms with Crippen molar-refractivity contribution in [1.82, 2.24) is 5.43 Å². The number of benzene rings is 2. The molecule has 6 nitrogen and oxygen atoms in total. The van der Waals surface area contributed by atoms with Crippen LogP contribution in [0.2, 0.25) is 0 Å². The van der Waals surface area contributed by atoms with Crippen LogP contribution >= 0.6 is 0 Å². The molecule has 0 fully saturated rings. The molecule has 0 radical (unpaired) electrons. The Balaban J connectivity index is 1.90. The van der Waals surface area contributed by atoms with Crippen molar-refractivity contribution in [3.8, 4) is 17.6 Å². The molecule has 2 rings (SSSR count). The van der Waals surface area contributed by atoms with E-state index in [4.69, 9.17) is 14.7 Å². The number of nitrogens with zero attached hydrogens (tertiary/aromatic N) is 2. The summed E-state index contributed by atoms with van der Waals surface area (Å²) in [5.74, 6) is 0.979. The van der Waals surface area contributed by atoms with E-state index in [-0.39, 0.29) is 12.5 Å². The molecule has 0 bridgehead atoms. The fraction of sp³-hybridized carbons (Fsp3) is 0.118. The summed E-state index contributed by atoms with van der Waals surface area (Å²) >= 11 is 0. The number of rotatable bonds is 6. The third kappa shape index (κ3) is 4.86. The predicted octanol–water partition coefficient (Wildman–Crippen LogP) is 2.36. The average molecular weight is 309 g/mol. The molecule has 1 amide bonds. The number of nitriles is 1. The fourth-order valence-electron chi connectivity index (χ4n) is 1.74. The third-order valence-electron chi connectivity index (χ3n) is 2.92. The van der Waals surface area contributed by atoms with Gasteiger partial charge in [-0.15, -0.1) is 0 Å². The first-order valence-electron chi connectivity index (χ1n) is 6.80. The van der Waals surface area contributed by atoms with Crippen LogP contribution in [0.1, 0.15) is 15.9 Å². The van der Waals surface area contributed by atoms with Gasteiger partial charge >= 0.3 is 0 Å². The van der Waals surface area contributed by atoms with Crippen LogP contribution in [0.25, 0.3) is 0 Å². The summed E-state index contributed by atoms with van der Waals surface area (Å²) in [6.45, 7) is 0.00531. The molecule has 23 heavy (non-hydrogen) atoms. The topological polar surface area (TPSA) is 83.7 Å². The molecule has 6 heteroatoms. The minimum atomic E-state index is -0.308. The lowest BCUT2D eigenvalue weighted by Gasteiger charge is -2.02. The van der Waals surface area contributed by atoms with Crippen molar-refractivity contribution in [1.29, 1.82) is 5.26 Å². The van der Waals surface area contributed by atoms with Gasteiger partial charge in [0.05, 0.1) is 13.3 Å². The second-order valence-electron chi connectivity index (χ2n) is 4.44. The summed E-state index contributed by atoms with van der Waals surface area (Å²) in [7, 11) is 1.57. The van der Waals surface area contributed by atoms with E-state index in [0.29, 0.717) is 17.1 Å². The van der Waals surface area contributed by atoms with Crippen molar-refractivity contribution in [3.05, 3.63) is 59.7 Å². The second-order valence-corrected chi connectivity index (χ2v) is 4.44. The van der Waals surface area contributed by atoms with E-state index in [9.17, 15) is 4.79 Å². The number of hydrogen-bond donors (Lipinski definition) is 1. The minimum absolute atomic E-state index is 0.00531. The first kappa shape index (κ1) is 16.0. The SMILES string of the molecule is COc1ccc(C(=O)N/N=C\c2ccc(OCC#N)cc2)cc1. The van der Waals surface area contributed by atoms with Gasteiger partial charge in [0.15, 0.2) is 6.61 Å². The first-order chi connectivity index (χ1) is 11.2. The molecule has 0 unspecified atom stereocenters. The molecule has 116 valence electrons. The smallest absolute Gasteiger partial charge is 0.271 e. The molecular weight excluding hydrogens is 294 g/mol. The van der Waals surface area contributed by atoms with Gasteiger partial charge in [-0.3, -0.25) is 4.79 Å². The molecule has 1 N–H and O–H groups in total. The lowest BCUT2D eigenvalue weighted by Crippen LogP contribution is -2.17. The average Bonchev–Trinajstić information content (AvgIpc) is 2.61. The van der Waals surface area contributed by atoms with Crippen LogP contribution in [0.5, 0.6) is 11.5 Å². The quantitative estimate of drug-likeness (QED) is 0.656. The maximum absolute atomic E-state index is 11.9. The van der Waals surface area contributed by atoms with E-state index < -0.39 is 0 Å². The summed E-state index contributed by atoms with van der Waals surface area (Å²) in [5.41, 5.74) is 3.73. The zero-order chi connectivity index (χ0) is 16.5. The Morgan fingerprint density at radius 3 is 2.43 bits per heavy atom. The number of amides is 1. The number of methoxy groups -OCH3 is 1. The monoisotopic (exact) mass is 309 g/mol. The maximum Gasteiger partial charge on any atom is 0.271 e. The molecule has 0 spiro atoms. The molecule has 0 saturated heterocycles. The zero-order valence-electron chi connectivity index (χ0n) is 12.5. The van der Waals surface area contributed by atoms with Crippen LogP contribution in [0.15, 0.2) is 53.6 Å². The van der Waals surface area contributed by atoms with Crippen LogP contribution in [-0.2, 0) is 0 Å². The van der Waals surface area contributed by atoms with Crippen LogP contribution in [0.4, 0.5) is 0 Å². The normalized spacial score (nSPS) is 10.1. The van der Waals surface area contributed by atoms with Gasteiger partial charge in [-0.05, 0) is 54.1 Å². The summed E-state index contributed by atoms with van der Waals surface area (Å²) in [6, 6.07) is 15.6. The third-order valence-corrected chi connectivity index (χ3v) is 2.92. The minimum Gasteiger partial charge on any atom is -0.497 e. The standard InChI is InChI=1S/C17H15N3O3/c1-22-15-8-4-14(5-9-15)17(21)20-19-12-13-2-6-16(7-3-13)23-11-10-18/h2-9,12H,11H2,1H3,(H,20,21)/b19-12-. The maximum atomic E-state index is 11.9. The van der Waals surface area contributed by atoms with Gasteiger partial charge in [0.25, 0.3) is 5.91 Å². The molecular formula is C17H15N3O3. The highest BCUT2D eigenvalue weighted by Gasteiger charge is 2.03. The number of carbonyl (C=O) groups is 1. The Hall–Kier alpha value is -3.33. The van der Waals surface area contributed by atoms with Gasteiger partial charge < -0.3 is 9.47 Å². The molecule has 0 atom stereocenters. The van der Waals surface area contributed by atoms with Crippen molar-refractivity contribution in [2.75, 3.05) is 13.7 Å². The largest absolute Gasteiger partial charge is 0.497 e. The summed E-state index contributed by atoms with van der Waals surface area (Å²) in [4.78, 5) is 11.9. The van der Waals surface area contributed by atoms with E-state index in [2.05, 4.69) is 10.5 Å². The Morgan fingerprint density at radius 1 is 1.17 bits per heavy atom. The summed E-state index contributed by atoms with van der Waals surface area (Å²) < 4.78 is 10.2. The molecule has 0 aliphatic heterocycles. The highest BCUT2D eigenvalue weighted by Crippen LogP contribution is 2.12. The van der Waals surface area contributed by atoms with E-state index in [0.717, 1.165) is 5.56 Å². The first-order valence-corrected chi connectivity index (χ1v) is 6.80. The van der Waals surface area contributed by atoms with E-state index in [1.807, 2.05) is 6.07 Å². The van der Waals surface area contributed by atoms with Gasteiger partial charge in [0.2, 0.25) is 0 Å². The van der Waals surface area contributed by atoms with E-state index >= 15 is 0 Å². The highest BCUT2D eigenvalue weighted by atomic mass is 16.5. The number of hydrazone groups is 1. The Labute approximate surface area is 134 Å². The molecule has 0 heterocycles.